The number of hydrogen-bond acceptors (Lipinski definition) is 3. The fourth-order valence-electron chi connectivity index (χ4n) is 2.34. The van der Waals surface area contributed by atoms with Gasteiger partial charge in [-0.1, -0.05) is 6.07 Å². The minimum atomic E-state index is 0.00904. The summed E-state index contributed by atoms with van der Waals surface area (Å²) in [6, 6.07) is 5.95. The molecule has 0 saturated carbocycles. The summed E-state index contributed by atoms with van der Waals surface area (Å²) in [5, 5.41) is 3.26. The maximum atomic E-state index is 12.3. The van der Waals surface area contributed by atoms with Crippen molar-refractivity contribution in [2.24, 2.45) is 0 Å². The molecule has 2 heterocycles. The first-order chi connectivity index (χ1) is 8.70. The van der Waals surface area contributed by atoms with Gasteiger partial charge in [-0.15, -0.1) is 0 Å². The first-order valence-electron chi connectivity index (χ1n) is 6.65. The molecule has 0 bridgehead atoms. The zero-order chi connectivity index (χ0) is 13.0. The van der Waals surface area contributed by atoms with Crippen LogP contribution >= 0.6 is 0 Å². The van der Waals surface area contributed by atoms with E-state index in [1.54, 1.807) is 0 Å². The summed E-state index contributed by atoms with van der Waals surface area (Å²) in [4.78, 5) is 18.6. The Morgan fingerprint density at radius 3 is 3.00 bits per heavy atom. The van der Waals surface area contributed by atoms with E-state index in [2.05, 4.69) is 10.3 Å². The number of pyridine rings is 1. The van der Waals surface area contributed by atoms with Crippen molar-refractivity contribution in [2.45, 2.75) is 39.3 Å². The molecule has 1 aliphatic heterocycles. The maximum absolute atomic E-state index is 12.3. The fourth-order valence-corrected chi connectivity index (χ4v) is 2.34. The molecule has 1 aromatic heterocycles. The molecule has 0 aromatic carbocycles. The summed E-state index contributed by atoms with van der Waals surface area (Å²) in [7, 11) is 0. The molecule has 1 fully saturated rings. The Bertz CT molecular complexity index is 413. The fraction of sp³-hybridized carbons (Fsp3) is 0.571. The zero-order valence-electron chi connectivity index (χ0n) is 11.1. The van der Waals surface area contributed by atoms with Crippen LogP contribution < -0.4 is 5.32 Å². The maximum Gasteiger partial charge on any atom is 0.240 e. The molecule has 4 heteroatoms. The molecule has 1 saturated heterocycles. The average Bonchev–Trinajstić information content (AvgIpc) is 2.89. The monoisotopic (exact) mass is 247 g/mol. The van der Waals surface area contributed by atoms with Crippen molar-refractivity contribution in [3.05, 3.63) is 29.6 Å². The highest BCUT2D eigenvalue weighted by Gasteiger charge is 2.26. The predicted molar refractivity (Wildman–Crippen MR) is 71.1 cm³/mol. The van der Waals surface area contributed by atoms with Gasteiger partial charge in [0, 0.05) is 12.2 Å². The second-order valence-electron chi connectivity index (χ2n) is 4.77. The SMILES string of the molecule is CCN(Cc1cccc(C)n1)C(=O)[C@@H]1CCCN1. The number of carbonyl (C=O) groups is 1. The van der Waals surface area contributed by atoms with E-state index in [1.807, 2.05) is 36.9 Å². The van der Waals surface area contributed by atoms with Crippen molar-refractivity contribution in [3.8, 4) is 0 Å². The van der Waals surface area contributed by atoms with Gasteiger partial charge in [0.05, 0.1) is 18.3 Å². The molecule has 4 nitrogen and oxygen atoms in total. The molecule has 0 unspecified atom stereocenters. The number of amides is 1. The lowest BCUT2D eigenvalue weighted by Crippen LogP contribution is -2.43. The molecule has 1 aromatic rings. The molecule has 1 amide bonds. The summed E-state index contributed by atoms with van der Waals surface area (Å²) in [5.74, 6) is 0.207. The Labute approximate surface area is 108 Å². The topological polar surface area (TPSA) is 45.2 Å². The van der Waals surface area contributed by atoms with Gasteiger partial charge in [-0.05, 0) is 45.4 Å². The molecule has 1 N–H and O–H groups in total. The van der Waals surface area contributed by atoms with E-state index >= 15 is 0 Å². The van der Waals surface area contributed by atoms with E-state index < -0.39 is 0 Å². The van der Waals surface area contributed by atoms with E-state index in [0.717, 1.165) is 37.3 Å². The number of nitrogens with one attached hydrogen (secondary N) is 1. The Balaban J connectivity index is 2.02. The molecule has 1 atom stereocenters. The highest BCUT2D eigenvalue weighted by Crippen LogP contribution is 2.11. The van der Waals surface area contributed by atoms with Gasteiger partial charge in [0.2, 0.25) is 5.91 Å². The average molecular weight is 247 g/mol. The number of aryl methyl sites for hydroxylation is 1. The number of likely N-dealkylation sites (N-methyl/N-ethyl adjacent to an activating group) is 1. The van der Waals surface area contributed by atoms with Crippen molar-refractivity contribution in [2.75, 3.05) is 13.1 Å². The number of nitrogens with zero attached hydrogens (tertiary/aromatic N) is 2. The predicted octanol–water partition coefficient (Wildman–Crippen LogP) is 1.49. The summed E-state index contributed by atoms with van der Waals surface area (Å²) in [6.45, 7) is 6.28. The van der Waals surface area contributed by atoms with Gasteiger partial charge in [-0.3, -0.25) is 9.78 Å². The molecular formula is C14H21N3O. The van der Waals surface area contributed by atoms with Crippen LogP contribution in [0.2, 0.25) is 0 Å². The summed E-state index contributed by atoms with van der Waals surface area (Å²) in [5.41, 5.74) is 1.96. The molecule has 0 aliphatic carbocycles. The van der Waals surface area contributed by atoms with Crippen LogP contribution in [-0.2, 0) is 11.3 Å². The third kappa shape index (κ3) is 3.07. The van der Waals surface area contributed by atoms with Gasteiger partial charge >= 0.3 is 0 Å². The molecule has 2 rings (SSSR count). The Hall–Kier alpha value is -1.42. The molecular weight excluding hydrogens is 226 g/mol. The van der Waals surface area contributed by atoms with Crippen molar-refractivity contribution < 1.29 is 4.79 Å². The van der Waals surface area contributed by atoms with Crippen LogP contribution in [0, 0.1) is 6.92 Å². The quantitative estimate of drug-likeness (QED) is 0.877. The van der Waals surface area contributed by atoms with Crippen LogP contribution in [0.4, 0.5) is 0 Å². The van der Waals surface area contributed by atoms with Crippen molar-refractivity contribution >= 4 is 5.91 Å². The van der Waals surface area contributed by atoms with Gasteiger partial charge in [0.15, 0.2) is 0 Å². The number of aromatic nitrogens is 1. The minimum absolute atomic E-state index is 0.00904. The second kappa shape index (κ2) is 5.96. The first kappa shape index (κ1) is 13.0. The number of carbonyl (C=O) groups excluding carboxylic acids is 1. The lowest BCUT2D eigenvalue weighted by atomic mass is 10.2. The minimum Gasteiger partial charge on any atom is -0.336 e. The zero-order valence-corrected chi connectivity index (χ0v) is 11.1. The Kier molecular flexibility index (Phi) is 4.31. The van der Waals surface area contributed by atoms with Gasteiger partial charge in [-0.25, -0.2) is 0 Å². The molecule has 0 spiro atoms. The van der Waals surface area contributed by atoms with Gasteiger partial charge in [0.25, 0.3) is 0 Å². The largest absolute Gasteiger partial charge is 0.336 e. The molecule has 1 aliphatic rings. The van der Waals surface area contributed by atoms with Crippen LogP contribution in [0.25, 0.3) is 0 Å². The molecule has 18 heavy (non-hydrogen) atoms. The molecule has 98 valence electrons. The third-order valence-corrected chi connectivity index (χ3v) is 3.35. The number of hydrogen-bond donors (Lipinski definition) is 1. The second-order valence-corrected chi connectivity index (χ2v) is 4.77. The van der Waals surface area contributed by atoms with E-state index in [-0.39, 0.29) is 11.9 Å². The molecule has 0 radical (unpaired) electrons. The Morgan fingerprint density at radius 1 is 1.56 bits per heavy atom. The van der Waals surface area contributed by atoms with Gasteiger partial charge in [-0.2, -0.15) is 0 Å². The summed E-state index contributed by atoms with van der Waals surface area (Å²) < 4.78 is 0. The van der Waals surface area contributed by atoms with Crippen LogP contribution in [0.15, 0.2) is 18.2 Å². The van der Waals surface area contributed by atoms with Gasteiger partial charge < -0.3 is 10.2 Å². The Morgan fingerprint density at radius 2 is 2.39 bits per heavy atom. The smallest absolute Gasteiger partial charge is 0.240 e. The normalized spacial score (nSPS) is 18.9. The summed E-state index contributed by atoms with van der Waals surface area (Å²) in [6.07, 6.45) is 2.05. The van der Waals surface area contributed by atoms with Crippen molar-refractivity contribution in [3.63, 3.8) is 0 Å². The lowest BCUT2D eigenvalue weighted by Gasteiger charge is -2.24. The standard InChI is InChI=1S/C14H21N3O/c1-3-17(14(18)13-8-5-9-15-13)10-12-7-4-6-11(2)16-12/h4,6-7,13,15H,3,5,8-10H2,1-2H3/t13-/m0/s1. The highest BCUT2D eigenvalue weighted by atomic mass is 16.2. The highest BCUT2D eigenvalue weighted by molar-refractivity contribution is 5.82. The van der Waals surface area contributed by atoms with E-state index in [4.69, 9.17) is 0 Å². The van der Waals surface area contributed by atoms with Crippen molar-refractivity contribution in [1.29, 1.82) is 0 Å². The lowest BCUT2D eigenvalue weighted by molar-refractivity contribution is -0.133. The van der Waals surface area contributed by atoms with Gasteiger partial charge in [0.1, 0.15) is 0 Å². The van der Waals surface area contributed by atoms with E-state index in [0.29, 0.717) is 6.54 Å². The number of rotatable bonds is 4. The van der Waals surface area contributed by atoms with E-state index in [1.165, 1.54) is 0 Å². The third-order valence-electron chi connectivity index (χ3n) is 3.35. The summed E-state index contributed by atoms with van der Waals surface area (Å²) >= 11 is 0. The van der Waals surface area contributed by atoms with Crippen molar-refractivity contribution in [1.82, 2.24) is 15.2 Å². The van der Waals surface area contributed by atoms with Crippen LogP contribution in [0.1, 0.15) is 31.2 Å². The van der Waals surface area contributed by atoms with Crippen LogP contribution in [0.3, 0.4) is 0 Å². The van der Waals surface area contributed by atoms with E-state index in [9.17, 15) is 4.79 Å². The van der Waals surface area contributed by atoms with Crippen LogP contribution in [0.5, 0.6) is 0 Å². The van der Waals surface area contributed by atoms with Crippen LogP contribution in [-0.4, -0.2) is 34.9 Å². The first-order valence-corrected chi connectivity index (χ1v) is 6.65.